The Morgan fingerprint density at radius 2 is 2.11 bits per heavy atom. The van der Waals surface area contributed by atoms with E-state index in [0.717, 1.165) is 38.8 Å². The lowest BCUT2D eigenvalue weighted by Crippen LogP contribution is -2.42. The summed E-state index contributed by atoms with van der Waals surface area (Å²) in [5, 5.41) is 6.58. The number of carbonyl (C=O) groups excluding carboxylic acids is 1. The van der Waals surface area contributed by atoms with Crippen molar-refractivity contribution in [3.63, 3.8) is 0 Å². The molecule has 0 saturated carbocycles. The second-order valence-corrected chi connectivity index (χ2v) is 5.70. The van der Waals surface area contributed by atoms with E-state index in [1.807, 2.05) is 0 Å². The van der Waals surface area contributed by atoms with Crippen molar-refractivity contribution in [1.82, 2.24) is 10.6 Å². The average molecular weight is 258 g/mol. The normalized spacial score (nSPS) is 26.5. The van der Waals surface area contributed by atoms with Gasteiger partial charge in [-0.15, -0.1) is 0 Å². The molecule has 1 saturated heterocycles. The molecule has 0 bridgehead atoms. The molecule has 2 N–H and O–H groups in total. The van der Waals surface area contributed by atoms with Crippen LogP contribution in [0.15, 0.2) is 24.3 Å². The van der Waals surface area contributed by atoms with Crippen molar-refractivity contribution in [1.29, 1.82) is 0 Å². The van der Waals surface area contributed by atoms with Crippen LogP contribution in [0.1, 0.15) is 42.9 Å². The SMILES string of the molecule is O=C(NC1CCCc2ccccc21)[C@H]1CCCNC1. The van der Waals surface area contributed by atoms with Gasteiger partial charge in [-0.3, -0.25) is 4.79 Å². The van der Waals surface area contributed by atoms with Gasteiger partial charge in [0.2, 0.25) is 5.91 Å². The molecule has 1 aliphatic heterocycles. The first-order valence-electron chi connectivity index (χ1n) is 7.43. The highest BCUT2D eigenvalue weighted by molar-refractivity contribution is 5.79. The quantitative estimate of drug-likeness (QED) is 0.853. The number of hydrogen-bond donors (Lipinski definition) is 2. The van der Waals surface area contributed by atoms with Crippen molar-refractivity contribution < 1.29 is 4.79 Å². The van der Waals surface area contributed by atoms with Crippen LogP contribution in [0.25, 0.3) is 0 Å². The van der Waals surface area contributed by atoms with E-state index in [1.54, 1.807) is 0 Å². The van der Waals surface area contributed by atoms with Gasteiger partial charge in [-0.1, -0.05) is 24.3 Å². The van der Waals surface area contributed by atoms with Crippen molar-refractivity contribution in [2.45, 2.75) is 38.1 Å². The molecule has 0 aromatic heterocycles. The Balaban J connectivity index is 1.68. The molecule has 19 heavy (non-hydrogen) atoms. The van der Waals surface area contributed by atoms with Crippen molar-refractivity contribution in [2.24, 2.45) is 5.92 Å². The Hall–Kier alpha value is -1.35. The van der Waals surface area contributed by atoms with Gasteiger partial charge in [0.05, 0.1) is 12.0 Å². The van der Waals surface area contributed by atoms with Gasteiger partial charge in [-0.25, -0.2) is 0 Å². The summed E-state index contributed by atoms with van der Waals surface area (Å²) >= 11 is 0. The molecule has 1 aromatic carbocycles. The van der Waals surface area contributed by atoms with Gasteiger partial charge in [0.15, 0.2) is 0 Å². The predicted molar refractivity (Wildman–Crippen MR) is 75.9 cm³/mol. The first-order chi connectivity index (χ1) is 9.34. The number of fused-ring (bicyclic) bond motifs is 1. The molecule has 0 spiro atoms. The Morgan fingerprint density at radius 3 is 2.95 bits per heavy atom. The average Bonchev–Trinajstić information content (AvgIpc) is 2.48. The van der Waals surface area contributed by atoms with Crippen LogP contribution in [0.3, 0.4) is 0 Å². The molecule has 3 heteroatoms. The molecular formula is C16H22N2O. The van der Waals surface area contributed by atoms with E-state index in [1.165, 1.54) is 17.5 Å². The van der Waals surface area contributed by atoms with E-state index in [4.69, 9.17) is 0 Å². The largest absolute Gasteiger partial charge is 0.349 e. The molecule has 1 fully saturated rings. The summed E-state index contributed by atoms with van der Waals surface area (Å²) in [5.74, 6) is 0.386. The second kappa shape index (κ2) is 5.74. The van der Waals surface area contributed by atoms with Crippen LogP contribution in [0.4, 0.5) is 0 Å². The van der Waals surface area contributed by atoms with Crippen molar-refractivity contribution in [3.8, 4) is 0 Å². The van der Waals surface area contributed by atoms with Gasteiger partial charge in [-0.2, -0.15) is 0 Å². The van der Waals surface area contributed by atoms with Crippen LogP contribution in [0.5, 0.6) is 0 Å². The zero-order valence-corrected chi connectivity index (χ0v) is 11.3. The van der Waals surface area contributed by atoms with Crippen LogP contribution < -0.4 is 10.6 Å². The molecule has 0 radical (unpaired) electrons. The fourth-order valence-corrected chi connectivity index (χ4v) is 3.27. The van der Waals surface area contributed by atoms with E-state index in [0.29, 0.717) is 0 Å². The number of hydrogen-bond acceptors (Lipinski definition) is 2. The number of rotatable bonds is 2. The lowest BCUT2D eigenvalue weighted by Gasteiger charge is -2.29. The number of nitrogens with one attached hydrogen (secondary N) is 2. The monoisotopic (exact) mass is 258 g/mol. The smallest absolute Gasteiger partial charge is 0.224 e. The highest BCUT2D eigenvalue weighted by atomic mass is 16.2. The third kappa shape index (κ3) is 2.81. The molecule has 1 amide bonds. The number of amides is 1. The van der Waals surface area contributed by atoms with Crippen molar-refractivity contribution in [3.05, 3.63) is 35.4 Å². The molecule has 102 valence electrons. The van der Waals surface area contributed by atoms with E-state index in [2.05, 4.69) is 34.9 Å². The number of benzene rings is 1. The molecular weight excluding hydrogens is 236 g/mol. The Morgan fingerprint density at radius 1 is 1.21 bits per heavy atom. The lowest BCUT2D eigenvalue weighted by atomic mass is 9.87. The van der Waals surface area contributed by atoms with Crippen LogP contribution in [-0.4, -0.2) is 19.0 Å². The Labute approximate surface area is 114 Å². The number of piperidine rings is 1. The summed E-state index contributed by atoms with van der Waals surface area (Å²) in [7, 11) is 0. The first kappa shape index (κ1) is 12.7. The molecule has 1 aromatic rings. The van der Waals surface area contributed by atoms with Gasteiger partial charge in [-0.05, 0) is 49.8 Å². The minimum absolute atomic E-state index is 0.155. The molecule has 1 aliphatic carbocycles. The third-order valence-electron chi connectivity index (χ3n) is 4.35. The standard InChI is InChI=1S/C16H22N2O/c19-16(13-7-4-10-17-11-13)18-15-9-3-6-12-5-1-2-8-14(12)15/h1-2,5,8,13,15,17H,3-4,6-7,9-11H2,(H,18,19)/t13-,15?/m0/s1. The highest BCUT2D eigenvalue weighted by Gasteiger charge is 2.26. The maximum atomic E-state index is 12.3. The summed E-state index contributed by atoms with van der Waals surface area (Å²) < 4.78 is 0. The number of aryl methyl sites for hydroxylation is 1. The molecule has 2 aliphatic rings. The summed E-state index contributed by atoms with van der Waals surface area (Å²) in [6, 6.07) is 8.74. The van der Waals surface area contributed by atoms with Gasteiger partial charge >= 0.3 is 0 Å². The number of carbonyl (C=O) groups is 1. The summed E-state index contributed by atoms with van der Waals surface area (Å²) in [4.78, 5) is 12.3. The molecule has 3 rings (SSSR count). The van der Waals surface area contributed by atoms with Crippen LogP contribution in [0, 0.1) is 5.92 Å². The second-order valence-electron chi connectivity index (χ2n) is 5.70. The fourth-order valence-electron chi connectivity index (χ4n) is 3.27. The van der Waals surface area contributed by atoms with Crippen LogP contribution in [-0.2, 0) is 11.2 Å². The highest BCUT2D eigenvalue weighted by Crippen LogP contribution is 2.29. The van der Waals surface area contributed by atoms with E-state index in [9.17, 15) is 4.79 Å². The van der Waals surface area contributed by atoms with Gasteiger partial charge in [0, 0.05) is 6.54 Å². The first-order valence-corrected chi connectivity index (χ1v) is 7.43. The molecule has 2 atom stereocenters. The Kier molecular flexibility index (Phi) is 3.83. The van der Waals surface area contributed by atoms with E-state index < -0.39 is 0 Å². The topological polar surface area (TPSA) is 41.1 Å². The molecule has 3 nitrogen and oxygen atoms in total. The summed E-state index contributed by atoms with van der Waals surface area (Å²) in [6.07, 6.45) is 5.52. The van der Waals surface area contributed by atoms with Crippen LogP contribution >= 0.6 is 0 Å². The zero-order valence-electron chi connectivity index (χ0n) is 11.3. The summed E-state index contributed by atoms with van der Waals surface area (Å²) in [6.45, 7) is 1.89. The maximum Gasteiger partial charge on any atom is 0.224 e. The van der Waals surface area contributed by atoms with Crippen molar-refractivity contribution in [2.75, 3.05) is 13.1 Å². The van der Waals surface area contributed by atoms with Crippen LogP contribution in [0.2, 0.25) is 0 Å². The zero-order chi connectivity index (χ0) is 13.1. The van der Waals surface area contributed by atoms with Crippen molar-refractivity contribution >= 4 is 5.91 Å². The fraction of sp³-hybridized carbons (Fsp3) is 0.562. The minimum Gasteiger partial charge on any atom is -0.349 e. The predicted octanol–water partition coefficient (Wildman–Crippen LogP) is 2.18. The Bertz CT molecular complexity index is 452. The molecule has 1 unspecified atom stereocenters. The summed E-state index contributed by atoms with van der Waals surface area (Å²) in [5.41, 5.74) is 2.73. The maximum absolute atomic E-state index is 12.3. The third-order valence-corrected chi connectivity index (χ3v) is 4.35. The van der Waals surface area contributed by atoms with E-state index in [-0.39, 0.29) is 17.9 Å². The lowest BCUT2D eigenvalue weighted by molar-refractivity contribution is -0.126. The molecule has 1 heterocycles. The minimum atomic E-state index is 0.155. The van der Waals surface area contributed by atoms with E-state index >= 15 is 0 Å². The van der Waals surface area contributed by atoms with Gasteiger partial charge in [0.1, 0.15) is 0 Å². The van der Waals surface area contributed by atoms with Gasteiger partial charge < -0.3 is 10.6 Å². The van der Waals surface area contributed by atoms with Gasteiger partial charge in [0.25, 0.3) is 0 Å².